The molecule has 1 N–H and O–H groups in total. The van der Waals surface area contributed by atoms with Gasteiger partial charge in [-0.05, 0) is 30.5 Å². The Balaban J connectivity index is 2.14. The highest BCUT2D eigenvalue weighted by Gasteiger charge is 2.33. The molecule has 0 bridgehead atoms. The maximum absolute atomic E-state index is 12.6. The molecule has 1 aromatic rings. The fraction of sp³-hybridized carbons (Fsp3) is 0.500. The number of halogens is 1. The topological polar surface area (TPSA) is 92.8 Å². The SMILES string of the molecule is COC(=O)[C@@H](NC(=O)[C@H]1CCCN(S(C)(=O)=O)C1)c1ccc(Br)cc1. The largest absolute Gasteiger partial charge is 0.467 e. The maximum atomic E-state index is 12.6. The monoisotopic (exact) mass is 432 g/mol. The number of hydrogen-bond donors (Lipinski definition) is 1. The van der Waals surface area contributed by atoms with E-state index >= 15 is 0 Å². The molecule has 1 aliphatic rings. The van der Waals surface area contributed by atoms with Gasteiger partial charge in [0.05, 0.1) is 19.3 Å². The van der Waals surface area contributed by atoms with Crippen molar-refractivity contribution in [3.63, 3.8) is 0 Å². The van der Waals surface area contributed by atoms with Gasteiger partial charge in [0, 0.05) is 17.6 Å². The number of nitrogens with one attached hydrogen (secondary N) is 1. The van der Waals surface area contributed by atoms with Crippen LogP contribution in [-0.4, -0.2) is 51.1 Å². The van der Waals surface area contributed by atoms with Crippen LogP contribution in [0.1, 0.15) is 24.4 Å². The molecule has 138 valence electrons. The van der Waals surface area contributed by atoms with Crippen LogP contribution in [0.3, 0.4) is 0 Å². The first-order valence-electron chi connectivity index (χ1n) is 7.81. The van der Waals surface area contributed by atoms with E-state index in [0.29, 0.717) is 24.9 Å². The third kappa shape index (κ3) is 5.26. The summed E-state index contributed by atoms with van der Waals surface area (Å²) in [5.74, 6) is -1.43. The quantitative estimate of drug-likeness (QED) is 0.710. The minimum atomic E-state index is -3.34. The number of rotatable bonds is 5. The molecule has 2 rings (SSSR count). The first-order valence-corrected chi connectivity index (χ1v) is 10.5. The van der Waals surface area contributed by atoms with Crippen LogP contribution in [0.25, 0.3) is 0 Å². The van der Waals surface area contributed by atoms with Gasteiger partial charge in [0.2, 0.25) is 15.9 Å². The van der Waals surface area contributed by atoms with Crippen molar-refractivity contribution in [2.75, 3.05) is 26.5 Å². The average Bonchev–Trinajstić information content (AvgIpc) is 2.59. The van der Waals surface area contributed by atoms with E-state index in [2.05, 4.69) is 21.2 Å². The molecule has 1 aliphatic heterocycles. The Labute approximate surface area is 155 Å². The highest BCUT2D eigenvalue weighted by Crippen LogP contribution is 2.22. The van der Waals surface area contributed by atoms with Crippen LogP contribution in [0, 0.1) is 5.92 Å². The number of hydrogen-bond acceptors (Lipinski definition) is 5. The lowest BCUT2D eigenvalue weighted by atomic mass is 9.97. The summed E-state index contributed by atoms with van der Waals surface area (Å²) in [7, 11) is -2.09. The third-order valence-corrected chi connectivity index (χ3v) is 5.95. The molecule has 0 unspecified atom stereocenters. The Morgan fingerprint density at radius 2 is 1.96 bits per heavy atom. The number of amides is 1. The summed E-state index contributed by atoms with van der Waals surface area (Å²) in [5.41, 5.74) is 0.596. The number of esters is 1. The number of methoxy groups -OCH3 is 1. The van der Waals surface area contributed by atoms with E-state index in [0.717, 1.165) is 10.7 Å². The molecular formula is C16H21BrN2O5S. The van der Waals surface area contributed by atoms with E-state index in [1.54, 1.807) is 24.3 Å². The zero-order chi connectivity index (χ0) is 18.6. The van der Waals surface area contributed by atoms with Crippen molar-refractivity contribution in [1.29, 1.82) is 0 Å². The number of benzene rings is 1. The molecule has 0 saturated carbocycles. The molecule has 1 fully saturated rings. The van der Waals surface area contributed by atoms with Crippen LogP contribution in [-0.2, 0) is 24.3 Å². The summed E-state index contributed by atoms with van der Waals surface area (Å²) in [6, 6.07) is 6.04. The van der Waals surface area contributed by atoms with Gasteiger partial charge in [0.25, 0.3) is 0 Å². The molecule has 0 aliphatic carbocycles. The Bertz CT molecular complexity index is 735. The fourth-order valence-corrected chi connectivity index (χ4v) is 3.94. The molecule has 0 spiro atoms. The molecule has 0 aromatic heterocycles. The van der Waals surface area contributed by atoms with Gasteiger partial charge in [-0.15, -0.1) is 0 Å². The predicted octanol–water partition coefficient (Wildman–Crippen LogP) is 1.45. The Morgan fingerprint density at radius 1 is 1.32 bits per heavy atom. The van der Waals surface area contributed by atoms with Crippen LogP contribution >= 0.6 is 15.9 Å². The summed E-state index contributed by atoms with van der Waals surface area (Å²) in [5, 5.41) is 2.69. The van der Waals surface area contributed by atoms with E-state index in [9.17, 15) is 18.0 Å². The van der Waals surface area contributed by atoms with Gasteiger partial charge >= 0.3 is 5.97 Å². The van der Waals surface area contributed by atoms with Gasteiger partial charge in [0.15, 0.2) is 6.04 Å². The number of nitrogens with zero attached hydrogens (tertiary/aromatic N) is 1. The van der Waals surface area contributed by atoms with Crippen LogP contribution in [0.5, 0.6) is 0 Å². The van der Waals surface area contributed by atoms with Crippen molar-refractivity contribution in [3.8, 4) is 0 Å². The average molecular weight is 433 g/mol. The highest BCUT2D eigenvalue weighted by atomic mass is 79.9. The van der Waals surface area contributed by atoms with E-state index < -0.39 is 28.0 Å². The smallest absolute Gasteiger partial charge is 0.333 e. The van der Waals surface area contributed by atoms with Crippen molar-refractivity contribution in [2.45, 2.75) is 18.9 Å². The van der Waals surface area contributed by atoms with Crippen molar-refractivity contribution in [2.24, 2.45) is 5.92 Å². The first-order chi connectivity index (χ1) is 11.7. The molecule has 1 heterocycles. The standard InChI is InChI=1S/C16H21BrN2O5S/c1-24-16(21)14(11-5-7-13(17)8-6-11)18-15(20)12-4-3-9-19(10-12)25(2,22)23/h5-8,12,14H,3-4,9-10H2,1-2H3,(H,18,20)/t12-,14-/m0/s1. The zero-order valence-electron chi connectivity index (χ0n) is 14.1. The number of ether oxygens (including phenoxy) is 1. The number of carbonyl (C=O) groups excluding carboxylic acids is 2. The second-order valence-electron chi connectivity index (χ2n) is 5.98. The van der Waals surface area contributed by atoms with Crippen LogP contribution < -0.4 is 5.32 Å². The first kappa shape index (κ1) is 19.9. The van der Waals surface area contributed by atoms with E-state index in [4.69, 9.17) is 4.74 Å². The molecule has 1 amide bonds. The number of sulfonamides is 1. The van der Waals surface area contributed by atoms with Gasteiger partial charge in [-0.2, -0.15) is 0 Å². The van der Waals surface area contributed by atoms with Crippen molar-refractivity contribution in [3.05, 3.63) is 34.3 Å². The van der Waals surface area contributed by atoms with E-state index in [-0.39, 0.29) is 12.5 Å². The summed E-state index contributed by atoms with van der Waals surface area (Å²) >= 11 is 3.32. The maximum Gasteiger partial charge on any atom is 0.333 e. The van der Waals surface area contributed by atoms with Gasteiger partial charge in [-0.3, -0.25) is 4.79 Å². The molecule has 0 radical (unpaired) electrons. The number of piperidine rings is 1. The van der Waals surface area contributed by atoms with Crippen LogP contribution in [0.4, 0.5) is 0 Å². The minimum Gasteiger partial charge on any atom is -0.467 e. The van der Waals surface area contributed by atoms with Crippen molar-refractivity contribution < 1.29 is 22.7 Å². The molecule has 2 atom stereocenters. The lowest BCUT2D eigenvalue weighted by Crippen LogP contribution is -2.46. The Hall–Kier alpha value is -1.45. The lowest BCUT2D eigenvalue weighted by Gasteiger charge is -2.31. The second-order valence-corrected chi connectivity index (χ2v) is 8.87. The molecule has 7 nitrogen and oxygen atoms in total. The zero-order valence-corrected chi connectivity index (χ0v) is 16.5. The van der Waals surface area contributed by atoms with Gasteiger partial charge in [0.1, 0.15) is 0 Å². The molecule has 1 aromatic carbocycles. The summed E-state index contributed by atoms with van der Waals surface area (Å²) < 4.78 is 30.3. The Kier molecular flexibility index (Phi) is 6.59. The van der Waals surface area contributed by atoms with Gasteiger partial charge < -0.3 is 10.1 Å². The lowest BCUT2D eigenvalue weighted by molar-refractivity contribution is -0.146. The normalized spacial score (nSPS) is 19.9. The van der Waals surface area contributed by atoms with Gasteiger partial charge in [-0.1, -0.05) is 28.1 Å². The molecule has 9 heteroatoms. The predicted molar refractivity (Wildman–Crippen MR) is 96.2 cm³/mol. The van der Waals surface area contributed by atoms with Gasteiger partial charge in [-0.25, -0.2) is 17.5 Å². The summed E-state index contributed by atoms with van der Waals surface area (Å²) in [4.78, 5) is 24.7. The minimum absolute atomic E-state index is 0.124. The third-order valence-electron chi connectivity index (χ3n) is 4.15. The second kappa shape index (κ2) is 8.29. The van der Waals surface area contributed by atoms with E-state index in [1.165, 1.54) is 11.4 Å². The van der Waals surface area contributed by atoms with Crippen LogP contribution in [0.15, 0.2) is 28.7 Å². The molecule has 25 heavy (non-hydrogen) atoms. The van der Waals surface area contributed by atoms with E-state index in [1.807, 2.05) is 0 Å². The molecular weight excluding hydrogens is 412 g/mol. The summed E-state index contributed by atoms with van der Waals surface area (Å²) in [6.45, 7) is 0.536. The molecule has 1 saturated heterocycles. The van der Waals surface area contributed by atoms with Crippen molar-refractivity contribution >= 4 is 37.8 Å². The summed E-state index contributed by atoms with van der Waals surface area (Å²) in [6.07, 6.45) is 2.31. The fourth-order valence-electron chi connectivity index (χ4n) is 2.77. The Morgan fingerprint density at radius 3 is 2.52 bits per heavy atom. The highest BCUT2D eigenvalue weighted by molar-refractivity contribution is 9.10. The van der Waals surface area contributed by atoms with Crippen molar-refractivity contribution in [1.82, 2.24) is 9.62 Å². The number of carbonyl (C=O) groups is 2. The van der Waals surface area contributed by atoms with Crippen LogP contribution in [0.2, 0.25) is 0 Å².